The number of likely N-dealkylation sites (tertiary alicyclic amines) is 1. The second-order valence-corrected chi connectivity index (χ2v) is 6.31. The molecule has 3 N–H and O–H groups in total. The van der Waals surface area contributed by atoms with Crippen molar-refractivity contribution < 1.29 is 4.79 Å². The molecule has 1 heterocycles. The first-order chi connectivity index (χ1) is 9.04. The van der Waals surface area contributed by atoms with Crippen molar-refractivity contribution in [1.82, 2.24) is 10.2 Å². The summed E-state index contributed by atoms with van der Waals surface area (Å²) in [7, 11) is 0. The third-order valence-corrected chi connectivity index (χ3v) is 5.22. The van der Waals surface area contributed by atoms with Crippen molar-refractivity contribution in [3.05, 3.63) is 0 Å². The van der Waals surface area contributed by atoms with Gasteiger partial charge in [0.1, 0.15) is 0 Å². The van der Waals surface area contributed by atoms with Crippen LogP contribution >= 0.6 is 0 Å². The van der Waals surface area contributed by atoms with Gasteiger partial charge in [-0.05, 0) is 52.0 Å². The van der Waals surface area contributed by atoms with Crippen LogP contribution in [0.2, 0.25) is 0 Å². The summed E-state index contributed by atoms with van der Waals surface area (Å²) in [6.07, 6.45) is 6.68. The summed E-state index contributed by atoms with van der Waals surface area (Å²) >= 11 is 0. The number of nitrogens with two attached hydrogens (primary N) is 1. The predicted octanol–water partition coefficient (Wildman–Crippen LogP) is 1.64. The summed E-state index contributed by atoms with van der Waals surface area (Å²) in [5.41, 5.74) is 5.20. The standard InChI is InChI=1S/C15H29N3O/c1-4-12-7-6-11(3)18(12)13-8-9-15(10-13,14(16)19)17-5-2/h11-13,17H,4-10H2,1-3H3,(H2,16,19). The molecule has 0 aromatic carbocycles. The molecule has 2 aliphatic rings. The van der Waals surface area contributed by atoms with Crippen LogP contribution in [0.25, 0.3) is 0 Å². The number of amides is 1. The Morgan fingerprint density at radius 3 is 2.68 bits per heavy atom. The molecule has 0 spiro atoms. The number of rotatable bonds is 5. The Bertz CT molecular complexity index is 333. The predicted molar refractivity (Wildman–Crippen MR) is 77.9 cm³/mol. The average molecular weight is 267 g/mol. The highest BCUT2D eigenvalue weighted by molar-refractivity contribution is 5.85. The first kappa shape index (κ1) is 14.8. The summed E-state index contributed by atoms with van der Waals surface area (Å²) in [5, 5.41) is 3.36. The first-order valence-corrected chi connectivity index (χ1v) is 7.86. The highest BCUT2D eigenvalue weighted by Crippen LogP contribution is 2.39. The zero-order valence-corrected chi connectivity index (χ0v) is 12.6. The molecule has 1 saturated carbocycles. The number of likely N-dealkylation sites (N-methyl/N-ethyl adjacent to an activating group) is 1. The lowest BCUT2D eigenvalue weighted by Gasteiger charge is -2.35. The van der Waals surface area contributed by atoms with Crippen molar-refractivity contribution in [3.8, 4) is 0 Å². The quantitative estimate of drug-likeness (QED) is 0.796. The number of nitrogens with one attached hydrogen (secondary N) is 1. The van der Waals surface area contributed by atoms with Crippen LogP contribution in [-0.2, 0) is 4.79 Å². The van der Waals surface area contributed by atoms with Crippen molar-refractivity contribution >= 4 is 5.91 Å². The minimum atomic E-state index is -0.458. The van der Waals surface area contributed by atoms with Crippen LogP contribution in [0.1, 0.15) is 59.3 Å². The van der Waals surface area contributed by atoms with Crippen molar-refractivity contribution in [1.29, 1.82) is 0 Å². The number of hydrogen-bond donors (Lipinski definition) is 2. The Morgan fingerprint density at radius 1 is 1.37 bits per heavy atom. The van der Waals surface area contributed by atoms with Gasteiger partial charge in [0.05, 0.1) is 5.54 Å². The van der Waals surface area contributed by atoms with E-state index in [0.29, 0.717) is 18.1 Å². The maximum absolute atomic E-state index is 11.8. The molecule has 1 saturated heterocycles. The lowest BCUT2D eigenvalue weighted by atomic mass is 9.96. The molecule has 1 aliphatic carbocycles. The summed E-state index contributed by atoms with van der Waals surface area (Å²) in [6.45, 7) is 7.46. The van der Waals surface area contributed by atoms with E-state index >= 15 is 0 Å². The molecule has 4 unspecified atom stereocenters. The van der Waals surface area contributed by atoms with Crippen molar-refractivity contribution in [2.24, 2.45) is 5.73 Å². The molecule has 1 aliphatic heterocycles. The molecule has 4 nitrogen and oxygen atoms in total. The van der Waals surface area contributed by atoms with Gasteiger partial charge in [0.25, 0.3) is 0 Å². The van der Waals surface area contributed by atoms with Crippen LogP contribution < -0.4 is 11.1 Å². The topological polar surface area (TPSA) is 58.4 Å². The molecule has 4 atom stereocenters. The van der Waals surface area contributed by atoms with Gasteiger partial charge in [-0.1, -0.05) is 13.8 Å². The van der Waals surface area contributed by atoms with Crippen LogP contribution in [0.15, 0.2) is 0 Å². The molecule has 19 heavy (non-hydrogen) atoms. The van der Waals surface area contributed by atoms with E-state index in [1.807, 2.05) is 6.92 Å². The second kappa shape index (κ2) is 5.80. The summed E-state index contributed by atoms with van der Waals surface area (Å²) < 4.78 is 0. The monoisotopic (exact) mass is 267 g/mol. The van der Waals surface area contributed by atoms with E-state index in [1.165, 1.54) is 19.3 Å². The maximum Gasteiger partial charge on any atom is 0.237 e. The summed E-state index contributed by atoms with van der Waals surface area (Å²) in [4.78, 5) is 14.5. The van der Waals surface area contributed by atoms with Crippen molar-refractivity contribution in [3.63, 3.8) is 0 Å². The summed E-state index contributed by atoms with van der Waals surface area (Å²) in [5.74, 6) is -0.170. The lowest BCUT2D eigenvalue weighted by molar-refractivity contribution is -0.124. The van der Waals surface area contributed by atoms with Gasteiger partial charge in [0.2, 0.25) is 5.91 Å². The van der Waals surface area contributed by atoms with Gasteiger partial charge in [-0.25, -0.2) is 0 Å². The van der Waals surface area contributed by atoms with Crippen LogP contribution in [0.3, 0.4) is 0 Å². The molecule has 0 aromatic rings. The number of carbonyl (C=O) groups is 1. The Morgan fingerprint density at radius 2 is 2.11 bits per heavy atom. The smallest absolute Gasteiger partial charge is 0.237 e. The van der Waals surface area contributed by atoms with E-state index in [-0.39, 0.29) is 5.91 Å². The third-order valence-electron chi connectivity index (χ3n) is 5.22. The molecule has 0 aromatic heterocycles. The Kier molecular flexibility index (Phi) is 4.51. The van der Waals surface area contributed by atoms with Gasteiger partial charge in [-0.15, -0.1) is 0 Å². The Hall–Kier alpha value is -0.610. The molecule has 2 rings (SSSR count). The van der Waals surface area contributed by atoms with Gasteiger partial charge >= 0.3 is 0 Å². The largest absolute Gasteiger partial charge is 0.368 e. The van der Waals surface area contributed by atoms with Crippen LogP contribution in [0.4, 0.5) is 0 Å². The van der Waals surface area contributed by atoms with E-state index in [0.717, 1.165) is 25.8 Å². The second-order valence-electron chi connectivity index (χ2n) is 6.31. The normalized spacial score (nSPS) is 39.8. The highest BCUT2D eigenvalue weighted by atomic mass is 16.1. The average Bonchev–Trinajstić information content (AvgIpc) is 2.94. The zero-order valence-electron chi connectivity index (χ0n) is 12.6. The zero-order chi connectivity index (χ0) is 14.0. The van der Waals surface area contributed by atoms with Crippen LogP contribution in [-0.4, -0.2) is 41.0 Å². The summed E-state index contributed by atoms with van der Waals surface area (Å²) in [6, 6.07) is 1.87. The molecular formula is C15H29N3O. The Labute approximate surface area is 117 Å². The van der Waals surface area contributed by atoms with Gasteiger partial charge in [0.15, 0.2) is 0 Å². The van der Waals surface area contributed by atoms with Crippen molar-refractivity contribution in [2.75, 3.05) is 6.54 Å². The lowest BCUT2D eigenvalue weighted by Crippen LogP contribution is -2.55. The molecular weight excluding hydrogens is 238 g/mol. The molecule has 0 radical (unpaired) electrons. The SMILES string of the molecule is CCNC1(C(N)=O)CCC(N2C(C)CCC2CC)C1. The van der Waals surface area contributed by atoms with E-state index in [9.17, 15) is 4.79 Å². The third kappa shape index (κ3) is 2.65. The first-order valence-electron chi connectivity index (χ1n) is 7.86. The minimum Gasteiger partial charge on any atom is -0.368 e. The molecule has 4 heteroatoms. The van der Waals surface area contributed by atoms with E-state index in [2.05, 4.69) is 24.1 Å². The van der Waals surface area contributed by atoms with Crippen molar-refractivity contribution in [2.45, 2.75) is 83.0 Å². The number of hydrogen-bond acceptors (Lipinski definition) is 3. The molecule has 2 fully saturated rings. The molecule has 1 amide bonds. The molecule has 110 valence electrons. The van der Waals surface area contributed by atoms with E-state index in [1.54, 1.807) is 0 Å². The number of primary amides is 1. The van der Waals surface area contributed by atoms with Gasteiger partial charge in [-0.3, -0.25) is 9.69 Å². The van der Waals surface area contributed by atoms with Crippen LogP contribution in [0.5, 0.6) is 0 Å². The van der Waals surface area contributed by atoms with Gasteiger partial charge in [0, 0.05) is 18.1 Å². The van der Waals surface area contributed by atoms with E-state index in [4.69, 9.17) is 5.73 Å². The number of carbonyl (C=O) groups excluding carboxylic acids is 1. The van der Waals surface area contributed by atoms with E-state index < -0.39 is 5.54 Å². The van der Waals surface area contributed by atoms with Gasteiger partial charge in [-0.2, -0.15) is 0 Å². The minimum absolute atomic E-state index is 0.170. The Balaban J connectivity index is 2.10. The van der Waals surface area contributed by atoms with Gasteiger partial charge < -0.3 is 11.1 Å². The fourth-order valence-corrected chi connectivity index (χ4v) is 4.25. The highest BCUT2D eigenvalue weighted by Gasteiger charge is 2.47. The maximum atomic E-state index is 11.8. The van der Waals surface area contributed by atoms with Crippen LogP contribution in [0, 0.1) is 0 Å². The number of nitrogens with zero attached hydrogens (tertiary/aromatic N) is 1. The molecule has 0 bridgehead atoms. The fraction of sp³-hybridized carbons (Fsp3) is 0.933. The fourth-order valence-electron chi connectivity index (χ4n) is 4.25.